The minimum atomic E-state index is -0.745. The number of rotatable bonds is 6. The molecule has 1 atom stereocenters. The molecule has 3 aromatic rings. The number of aromatic nitrogens is 1. The molecule has 1 heterocycles. The zero-order chi connectivity index (χ0) is 19.1. The van der Waals surface area contributed by atoms with Gasteiger partial charge in [-0.05, 0) is 56.0 Å². The average Bonchev–Trinajstić information content (AvgIpc) is 2.68. The maximum Gasteiger partial charge on any atom is 0.0973 e. The second-order valence-corrected chi connectivity index (χ2v) is 6.77. The number of nitrogens with zero attached hydrogens (tertiary/aromatic N) is 1. The Kier molecular flexibility index (Phi) is 6.39. The van der Waals surface area contributed by atoms with Crippen LogP contribution in [-0.2, 0) is 6.42 Å². The van der Waals surface area contributed by atoms with E-state index >= 15 is 0 Å². The molecule has 2 heteroatoms. The van der Waals surface area contributed by atoms with Crippen LogP contribution in [0.3, 0.4) is 0 Å². The number of allylic oxidation sites excluding steroid dienone is 1. The Labute approximate surface area is 161 Å². The number of halogens is 1. The van der Waals surface area contributed by atoms with Crippen molar-refractivity contribution in [2.24, 2.45) is 0 Å². The number of hydrogen-bond acceptors (Lipinski definition) is 1. The van der Waals surface area contributed by atoms with E-state index < -0.39 is 6.17 Å². The number of pyridine rings is 1. The van der Waals surface area contributed by atoms with Crippen molar-refractivity contribution in [2.45, 2.75) is 38.8 Å². The van der Waals surface area contributed by atoms with Crippen LogP contribution in [0.4, 0.5) is 4.39 Å². The summed E-state index contributed by atoms with van der Waals surface area (Å²) in [4.78, 5) is 4.78. The van der Waals surface area contributed by atoms with Gasteiger partial charge in [-0.2, -0.15) is 0 Å². The lowest BCUT2D eigenvalue weighted by Crippen LogP contribution is -1.90. The van der Waals surface area contributed by atoms with Crippen molar-refractivity contribution in [3.05, 3.63) is 78.4 Å². The maximum atomic E-state index is 12.8. The fourth-order valence-electron chi connectivity index (χ4n) is 2.98. The van der Waals surface area contributed by atoms with Crippen LogP contribution in [0.5, 0.6) is 0 Å². The minimum Gasteiger partial charge on any atom is -0.248 e. The van der Waals surface area contributed by atoms with Crippen molar-refractivity contribution in [1.82, 2.24) is 4.98 Å². The zero-order valence-corrected chi connectivity index (χ0v) is 15.7. The van der Waals surface area contributed by atoms with Crippen LogP contribution in [0.25, 0.3) is 22.2 Å². The van der Waals surface area contributed by atoms with Gasteiger partial charge < -0.3 is 0 Å². The van der Waals surface area contributed by atoms with Crippen molar-refractivity contribution in [3.63, 3.8) is 0 Å². The van der Waals surface area contributed by atoms with Gasteiger partial charge in [-0.15, -0.1) is 6.58 Å². The Hall–Kier alpha value is -2.92. The van der Waals surface area contributed by atoms with Crippen molar-refractivity contribution >= 4 is 10.9 Å². The summed E-state index contributed by atoms with van der Waals surface area (Å²) in [6.45, 7) is 5.37. The highest BCUT2D eigenvalue weighted by Gasteiger charge is 2.03. The third-order valence-corrected chi connectivity index (χ3v) is 4.46. The van der Waals surface area contributed by atoms with E-state index in [1.54, 1.807) is 6.92 Å². The summed E-state index contributed by atoms with van der Waals surface area (Å²) in [5.74, 6) is 6.30. The molecule has 1 nitrogen and oxygen atoms in total. The standard InChI is InChI=1S/C25H24FN/c1-3-7-20-10-13-22(14-11-20)24-17-15-23-18-21(12-16-25(23)27-24)9-6-4-5-8-19(2)26/h3,10-19H,1,4-5,7-8H2,2H3. The number of unbranched alkanes of at least 4 members (excludes halogenated alkanes) is 1. The van der Waals surface area contributed by atoms with E-state index in [-0.39, 0.29) is 0 Å². The normalized spacial score (nSPS) is 11.6. The molecule has 0 aliphatic rings. The summed E-state index contributed by atoms with van der Waals surface area (Å²) in [5.41, 5.74) is 5.25. The molecule has 27 heavy (non-hydrogen) atoms. The van der Waals surface area contributed by atoms with E-state index in [2.05, 4.69) is 54.8 Å². The summed E-state index contributed by atoms with van der Waals surface area (Å²) in [7, 11) is 0. The van der Waals surface area contributed by atoms with E-state index in [4.69, 9.17) is 4.98 Å². The number of benzene rings is 2. The molecule has 0 fully saturated rings. The first kappa shape index (κ1) is 18.9. The molecule has 0 bridgehead atoms. The molecule has 0 amide bonds. The highest BCUT2D eigenvalue weighted by molar-refractivity contribution is 5.83. The van der Waals surface area contributed by atoms with Crippen LogP contribution < -0.4 is 0 Å². The number of alkyl halides is 1. The predicted octanol–water partition coefficient (Wildman–Crippen LogP) is 6.51. The molecule has 0 saturated heterocycles. The molecule has 0 aliphatic carbocycles. The van der Waals surface area contributed by atoms with Gasteiger partial charge in [0.15, 0.2) is 0 Å². The quantitative estimate of drug-likeness (QED) is 0.278. The second kappa shape index (κ2) is 9.14. The first-order valence-electron chi connectivity index (χ1n) is 9.39. The van der Waals surface area contributed by atoms with E-state index in [1.165, 1.54) is 5.56 Å². The van der Waals surface area contributed by atoms with E-state index in [0.29, 0.717) is 6.42 Å². The van der Waals surface area contributed by atoms with Crippen LogP contribution in [0.2, 0.25) is 0 Å². The van der Waals surface area contributed by atoms with E-state index in [9.17, 15) is 4.39 Å². The molecule has 0 aliphatic heterocycles. The Morgan fingerprint density at radius 3 is 2.67 bits per heavy atom. The Morgan fingerprint density at radius 1 is 1.11 bits per heavy atom. The molecular formula is C25H24FN. The molecule has 2 aromatic carbocycles. The van der Waals surface area contributed by atoms with Crippen LogP contribution in [-0.4, -0.2) is 11.2 Å². The summed E-state index contributed by atoms with van der Waals surface area (Å²) in [5, 5.41) is 1.08. The van der Waals surface area contributed by atoms with Gasteiger partial charge in [0, 0.05) is 22.9 Å². The molecule has 0 radical (unpaired) electrons. The molecule has 1 aromatic heterocycles. The van der Waals surface area contributed by atoms with E-state index in [0.717, 1.165) is 47.0 Å². The minimum absolute atomic E-state index is 0.577. The Bertz CT molecular complexity index is 975. The highest BCUT2D eigenvalue weighted by atomic mass is 19.1. The maximum absolute atomic E-state index is 12.8. The van der Waals surface area contributed by atoms with Gasteiger partial charge in [0.1, 0.15) is 0 Å². The molecular weight excluding hydrogens is 333 g/mol. The van der Waals surface area contributed by atoms with Gasteiger partial charge in [0.05, 0.1) is 17.4 Å². The van der Waals surface area contributed by atoms with Crippen LogP contribution in [0.15, 0.2) is 67.3 Å². The lowest BCUT2D eigenvalue weighted by Gasteiger charge is -2.05. The first-order valence-corrected chi connectivity index (χ1v) is 9.39. The van der Waals surface area contributed by atoms with Crippen LogP contribution in [0, 0.1) is 11.8 Å². The highest BCUT2D eigenvalue weighted by Crippen LogP contribution is 2.22. The van der Waals surface area contributed by atoms with E-state index in [1.807, 2.05) is 24.3 Å². The summed E-state index contributed by atoms with van der Waals surface area (Å²) in [6, 6.07) is 18.6. The molecule has 136 valence electrons. The molecule has 0 saturated carbocycles. The lowest BCUT2D eigenvalue weighted by atomic mass is 10.0. The topological polar surface area (TPSA) is 12.9 Å². The SMILES string of the molecule is C=CCc1ccc(-c2ccc3cc(C#CCCCC(C)F)ccc3n2)cc1. The van der Waals surface area contributed by atoms with Gasteiger partial charge in [0.25, 0.3) is 0 Å². The number of hydrogen-bond donors (Lipinski definition) is 0. The van der Waals surface area contributed by atoms with Gasteiger partial charge in [-0.1, -0.05) is 48.2 Å². The summed E-state index contributed by atoms with van der Waals surface area (Å²) in [6.07, 6.45) is 4.15. The second-order valence-electron chi connectivity index (χ2n) is 6.77. The molecule has 0 spiro atoms. The summed E-state index contributed by atoms with van der Waals surface area (Å²) < 4.78 is 12.8. The molecule has 3 rings (SSSR count). The van der Waals surface area contributed by atoms with Gasteiger partial charge >= 0.3 is 0 Å². The Morgan fingerprint density at radius 2 is 1.93 bits per heavy atom. The lowest BCUT2D eigenvalue weighted by molar-refractivity contribution is 0.336. The van der Waals surface area contributed by atoms with Crippen LogP contribution >= 0.6 is 0 Å². The van der Waals surface area contributed by atoms with Crippen molar-refractivity contribution in [1.29, 1.82) is 0 Å². The first-order chi connectivity index (χ1) is 13.2. The molecule has 0 N–H and O–H groups in total. The zero-order valence-electron chi connectivity index (χ0n) is 15.7. The smallest absolute Gasteiger partial charge is 0.0973 e. The van der Waals surface area contributed by atoms with Gasteiger partial charge in [0.2, 0.25) is 0 Å². The van der Waals surface area contributed by atoms with Gasteiger partial charge in [-0.3, -0.25) is 0 Å². The van der Waals surface area contributed by atoms with Crippen molar-refractivity contribution in [3.8, 4) is 23.1 Å². The van der Waals surface area contributed by atoms with Gasteiger partial charge in [-0.25, -0.2) is 9.37 Å². The monoisotopic (exact) mass is 357 g/mol. The Balaban J connectivity index is 1.75. The van der Waals surface area contributed by atoms with Crippen molar-refractivity contribution < 1.29 is 4.39 Å². The molecule has 1 unspecified atom stereocenters. The van der Waals surface area contributed by atoms with Crippen molar-refractivity contribution in [2.75, 3.05) is 0 Å². The fourth-order valence-corrected chi connectivity index (χ4v) is 2.98. The number of fused-ring (bicyclic) bond motifs is 1. The third-order valence-electron chi connectivity index (χ3n) is 4.46. The average molecular weight is 357 g/mol. The largest absolute Gasteiger partial charge is 0.248 e. The van der Waals surface area contributed by atoms with Crippen LogP contribution in [0.1, 0.15) is 37.3 Å². The summed E-state index contributed by atoms with van der Waals surface area (Å²) >= 11 is 0. The predicted molar refractivity (Wildman–Crippen MR) is 112 cm³/mol. The third kappa shape index (κ3) is 5.28. The fraction of sp³-hybridized carbons (Fsp3) is 0.240.